The van der Waals surface area contributed by atoms with Crippen LogP contribution in [0, 0.1) is 15.5 Å². The molecule has 1 aromatic rings. The quantitative estimate of drug-likeness (QED) is 0.664. The van der Waals surface area contributed by atoms with E-state index in [0.717, 1.165) is 12.0 Å². The van der Waals surface area contributed by atoms with E-state index in [1.54, 1.807) is 12.1 Å². The van der Waals surface area contributed by atoms with E-state index in [1.807, 2.05) is 6.07 Å². The predicted molar refractivity (Wildman–Crippen MR) is 82.5 cm³/mol. The van der Waals surface area contributed by atoms with Gasteiger partial charge in [-0.2, -0.15) is 0 Å². The molecule has 1 unspecified atom stereocenters. The molecule has 1 N–H and O–H groups in total. The molecule has 0 heterocycles. The molecule has 0 aliphatic heterocycles. The lowest BCUT2D eigenvalue weighted by Gasteiger charge is -2.35. The molecule has 1 aromatic carbocycles. The molecule has 0 spiro atoms. The van der Waals surface area contributed by atoms with Crippen molar-refractivity contribution < 1.29 is 9.66 Å². The summed E-state index contributed by atoms with van der Waals surface area (Å²) in [5.41, 5.74) is 1.34. The van der Waals surface area contributed by atoms with E-state index in [-0.39, 0.29) is 5.69 Å². The molecule has 0 aromatic heterocycles. The normalized spacial score (nSPS) is 21.0. The van der Waals surface area contributed by atoms with Crippen LogP contribution in [0.3, 0.4) is 0 Å². The summed E-state index contributed by atoms with van der Waals surface area (Å²) >= 11 is 0. The summed E-state index contributed by atoms with van der Waals surface area (Å²) in [5.74, 6) is 0.308. The monoisotopic (exact) mass is 292 g/mol. The first kappa shape index (κ1) is 15.8. The van der Waals surface area contributed by atoms with E-state index in [4.69, 9.17) is 4.74 Å². The number of nitrogens with one attached hydrogen (secondary N) is 1. The number of ether oxygens (including phenoxy) is 1. The Balaban J connectivity index is 2.00. The maximum atomic E-state index is 11.0. The van der Waals surface area contributed by atoms with Crippen LogP contribution >= 0.6 is 0 Å². The van der Waals surface area contributed by atoms with Gasteiger partial charge in [0.2, 0.25) is 0 Å². The average molecular weight is 292 g/mol. The van der Waals surface area contributed by atoms with Gasteiger partial charge in [-0.3, -0.25) is 10.1 Å². The highest BCUT2D eigenvalue weighted by molar-refractivity contribution is 5.48. The fraction of sp³-hybridized carbons (Fsp3) is 0.625. The molecule has 1 atom stereocenters. The van der Waals surface area contributed by atoms with E-state index >= 15 is 0 Å². The van der Waals surface area contributed by atoms with Crippen molar-refractivity contribution in [3.63, 3.8) is 0 Å². The first-order valence-electron chi connectivity index (χ1n) is 7.46. The summed E-state index contributed by atoms with van der Waals surface area (Å²) in [5, 5.41) is 14.6. The minimum atomic E-state index is -0.397. The van der Waals surface area contributed by atoms with Crippen molar-refractivity contribution >= 4 is 5.69 Å². The largest absolute Gasteiger partial charge is 0.490 e. The molecule has 0 saturated heterocycles. The molecule has 1 saturated carbocycles. The van der Waals surface area contributed by atoms with Gasteiger partial charge in [0.15, 0.2) is 5.75 Å². The van der Waals surface area contributed by atoms with Gasteiger partial charge < -0.3 is 10.1 Å². The third-order valence-electron chi connectivity index (χ3n) is 4.24. The minimum Gasteiger partial charge on any atom is -0.490 e. The maximum Gasteiger partial charge on any atom is 0.311 e. The summed E-state index contributed by atoms with van der Waals surface area (Å²) in [6.45, 7) is 5.27. The molecular weight excluding hydrogens is 268 g/mol. The molecule has 2 rings (SSSR count). The summed E-state index contributed by atoms with van der Waals surface area (Å²) in [6.07, 6.45) is 4.86. The molecule has 1 fully saturated rings. The Labute approximate surface area is 125 Å². The zero-order valence-electron chi connectivity index (χ0n) is 13.0. The summed E-state index contributed by atoms with van der Waals surface area (Å²) in [4.78, 5) is 10.6. The van der Waals surface area contributed by atoms with Crippen LogP contribution in [0.25, 0.3) is 0 Å². The first-order valence-corrected chi connectivity index (χ1v) is 7.46. The molecule has 0 radical (unpaired) electrons. The highest BCUT2D eigenvalue weighted by Crippen LogP contribution is 2.35. The minimum absolute atomic E-state index is 0.0285. The van der Waals surface area contributed by atoms with E-state index < -0.39 is 4.92 Å². The van der Waals surface area contributed by atoms with E-state index in [0.29, 0.717) is 23.8 Å². The molecule has 116 valence electrons. The van der Waals surface area contributed by atoms with Crippen LogP contribution in [-0.2, 0) is 6.54 Å². The second-order valence-corrected chi connectivity index (χ2v) is 6.60. The van der Waals surface area contributed by atoms with Gasteiger partial charge >= 0.3 is 5.69 Å². The molecule has 1 aliphatic carbocycles. The van der Waals surface area contributed by atoms with Crippen molar-refractivity contribution in [1.82, 2.24) is 5.32 Å². The highest BCUT2D eigenvalue weighted by Gasteiger charge is 2.27. The van der Waals surface area contributed by atoms with Crippen LogP contribution in [0.1, 0.15) is 45.1 Å². The van der Waals surface area contributed by atoms with Crippen molar-refractivity contribution in [1.29, 1.82) is 0 Å². The smallest absolute Gasteiger partial charge is 0.311 e. The fourth-order valence-corrected chi connectivity index (χ4v) is 3.12. The van der Waals surface area contributed by atoms with Gasteiger partial charge in [0.05, 0.1) is 12.0 Å². The third kappa shape index (κ3) is 4.17. The standard InChI is InChI=1S/C16H24N2O3/c1-16(2)8-4-5-13(10-16)17-11-12-6-7-15(21-3)14(9-12)18(19)20/h6-7,9,13,17H,4-5,8,10-11H2,1-3H3. The zero-order valence-corrected chi connectivity index (χ0v) is 13.0. The number of nitrogens with zero attached hydrogens (tertiary/aromatic N) is 1. The van der Waals surface area contributed by atoms with E-state index in [1.165, 1.54) is 26.4 Å². The summed E-state index contributed by atoms with van der Waals surface area (Å²) < 4.78 is 5.02. The molecule has 21 heavy (non-hydrogen) atoms. The Hall–Kier alpha value is -1.62. The second-order valence-electron chi connectivity index (χ2n) is 6.60. The van der Waals surface area contributed by atoms with Crippen LogP contribution in [-0.4, -0.2) is 18.1 Å². The van der Waals surface area contributed by atoms with Crippen LogP contribution < -0.4 is 10.1 Å². The second kappa shape index (κ2) is 6.43. The number of methoxy groups -OCH3 is 1. The number of nitro benzene ring substituents is 1. The van der Waals surface area contributed by atoms with Crippen LogP contribution in [0.15, 0.2) is 18.2 Å². The highest BCUT2D eigenvalue weighted by atomic mass is 16.6. The Morgan fingerprint density at radius 1 is 1.48 bits per heavy atom. The van der Waals surface area contributed by atoms with Crippen LogP contribution in [0.5, 0.6) is 5.75 Å². The third-order valence-corrected chi connectivity index (χ3v) is 4.24. The van der Waals surface area contributed by atoms with Gasteiger partial charge in [-0.1, -0.05) is 26.3 Å². The number of nitro groups is 1. The first-order chi connectivity index (χ1) is 9.91. The van der Waals surface area contributed by atoms with Crippen molar-refractivity contribution in [2.75, 3.05) is 7.11 Å². The van der Waals surface area contributed by atoms with Gasteiger partial charge in [-0.15, -0.1) is 0 Å². The molecule has 0 amide bonds. The van der Waals surface area contributed by atoms with Gasteiger partial charge in [-0.25, -0.2) is 0 Å². The Morgan fingerprint density at radius 3 is 2.86 bits per heavy atom. The van der Waals surface area contributed by atoms with Crippen LogP contribution in [0.4, 0.5) is 5.69 Å². The van der Waals surface area contributed by atoms with Gasteiger partial charge in [0.25, 0.3) is 0 Å². The Morgan fingerprint density at radius 2 is 2.24 bits per heavy atom. The lowest BCUT2D eigenvalue weighted by Crippen LogP contribution is -2.36. The van der Waals surface area contributed by atoms with Crippen LogP contribution in [0.2, 0.25) is 0 Å². The number of benzene rings is 1. The lowest BCUT2D eigenvalue weighted by molar-refractivity contribution is -0.385. The molecule has 0 bridgehead atoms. The molecule has 5 nitrogen and oxygen atoms in total. The lowest BCUT2D eigenvalue weighted by atomic mass is 9.75. The van der Waals surface area contributed by atoms with Gasteiger partial charge in [0, 0.05) is 18.7 Å². The number of rotatable bonds is 5. The topological polar surface area (TPSA) is 64.4 Å². The molecule has 1 aliphatic rings. The summed E-state index contributed by atoms with van der Waals surface area (Å²) in [7, 11) is 1.45. The van der Waals surface area contributed by atoms with Crippen molar-refractivity contribution in [2.45, 2.75) is 52.1 Å². The SMILES string of the molecule is COc1ccc(CNC2CCCC(C)(C)C2)cc1[N+](=O)[O-]. The van der Waals surface area contributed by atoms with E-state index in [9.17, 15) is 10.1 Å². The maximum absolute atomic E-state index is 11.0. The average Bonchev–Trinajstić information content (AvgIpc) is 2.43. The fourth-order valence-electron chi connectivity index (χ4n) is 3.12. The molecular formula is C16H24N2O3. The Bertz CT molecular complexity index is 514. The summed E-state index contributed by atoms with van der Waals surface area (Å²) in [6, 6.07) is 5.64. The zero-order chi connectivity index (χ0) is 15.5. The molecule has 5 heteroatoms. The van der Waals surface area contributed by atoms with Gasteiger partial charge in [0.1, 0.15) is 0 Å². The van der Waals surface area contributed by atoms with Gasteiger partial charge in [-0.05, 0) is 36.3 Å². The number of hydrogen-bond acceptors (Lipinski definition) is 4. The van der Waals surface area contributed by atoms with E-state index in [2.05, 4.69) is 19.2 Å². The Kier molecular flexibility index (Phi) is 4.83. The van der Waals surface area contributed by atoms with Crippen molar-refractivity contribution in [3.8, 4) is 5.75 Å². The predicted octanol–water partition coefficient (Wildman–Crippen LogP) is 3.66. The van der Waals surface area contributed by atoms with Crippen molar-refractivity contribution in [3.05, 3.63) is 33.9 Å². The number of hydrogen-bond donors (Lipinski definition) is 1. The van der Waals surface area contributed by atoms with Crippen molar-refractivity contribution in [2.24, 2.45) is 5.41 Å².